The van der Waals surface area contributed by atoms with Crippen LogP contribution in [0.1, 0.15) is 41.4 Å². The van der Waals surface area contributed by atoms with Gasteiger partial charge in [-0.2, -0.15) is 0 Å². The average Bonchev–Trinajstić information content (AvgIpc) is 3.50. The molecule has 1 unspecified atom stereocenters. The Morgan fingerprint density at radius 2 is 2.32 bits per heavy atom. The quantitative estimate of drug-likeness (QED) is 0.461. The number of aromatic carboxylic acids is 1. The van der Waals surface area contributed by atoms with Gasteiger partial charge in [0, 0.05) is 37.3 Å². The number of pyridine rings is 2. The van der Waals surface area contributed by atoms with E-state index in [0.717, 1.165) is 18.9 Å². The number of halogens is 1. The number of hydrogen-bond donors (Lipinski definition) is 3. The number of carbonyl (C=O) groups is 1. The largest absolute Gasteiger partial charge is 0.477 e. The van der Waals surface area contributed by atoms with Gasteiger partial charge in [0.1, 0.15) is 24.0 Å². The molecule has 1 saturated carbocycles. The second-order valence-electron chi connectivity index (χ2n) is 6.62. The maximum Gasteiger partial charge on any atom is 0.341 e. The third kappa shape index (κ3) is 3.77. The number of fused-ring (bicyclic) bond motifs is 1. The van der Waals surface area contributed by atoms with Crippen molar-refractivity contribution in [2.45, 2.75) is 25.3 Å². The SMILES string of the molecule is CON=CC(CN)CC(=N)c1nc2c(cc1F)c(=O)c(C(=O)O)cn2C1CC1. The Labute approximate surface area is 159 Å². The zero-order valence-corrected chi connectivity index (χ0v) is 15.2. The second kappa shape index (κ2) is 7.85. The summed E-state index contributed by atoms with van der Waals surface area (Å²) in [6.07, 6.45) is 4.39. The van der Waals surface area contributed by atoms with E-state index < -0.39 is 22.8 Å². The van der Waals surface area contributed by atoms with E-state index in [1.54, 1.807) is 4.57 Å². The molecule has 1 atom stereocenters. The van der Waals surface area contributed by atoms with Crippen LogP contribution in [0.4, 0.5) is 4.39 Å². The lowest BCUT2D eigenvalue weighted by Crippen LogP contribution is -2.23. The molecule has 148 valence electrons. The third-order valence-corrected chi connectivity index (χ3v) is 4.56. The summed E-state index contributed by atoms with van der Waals surface area (Å²) in [5.74, 6) is -2.58. The van der Waals surface area contributed by atoms with Crippen LogP contribution in [0.2, 0.25) is 0 Å². The number of oxime groups is 1. The van der Waals surface area contributed by atoms with Gasteiger partial charge in [-0.3, -0.25) is 4.79 Å². The molecule has 0 radical (unpaired) electrons. The first kappa shape index (κ1) is 19.6. The standard InChI is InChI=1S/C18H20FN5O4/c1-28-22-7-9(6-20)4-14(21)15-13(19)5-11-16(25)12(18(26)27)8-24(10-2-3-10)17(11)23-15/h5,7-10,21H,2-4,6,20H2,1H3,(H,26,27). The molecule has 2 heterocycles. The van der Waals surface area contributed by atoms with Crippen LogP contribution in [0.25, 0.3) is 11.0 Å². The molecule has 2 aromatic rings. The van der Waals surface area contributed by atoms with E-state index >= 15 is 0 Å². The van der Waals surface area contributed by atoms with Gasteiger partial charge < -0.3 is 25.7 Å². The van der Waals surface area contributed by atoms with Crippen LogP contribution < -0.4 is 11.2 Å². The normalized spacial score (nSPS) is 15.1. The highest BCUT2D eigenvalue weighted by molar-refractivity contribution is 6.00. The van der Waals surface area contributed by atoms with E-state index in [0.29, 0.717) is 0 Å². The fraction of sp³-hybridized carbons (Fsp3) is 0.389. The van der Waals surface area contributed by atoms with Gasteiger partial charge in [0.25, 0.3) is 0 Å². The molecule has 4 N–H and O–H groups in total. The topological polar surface area (TPSA) is 144 Å². The van der Waals surface area contributed by atoms with Crippen molar-refractivity contribution >= 4 is 28.9 Å². The van der Waals surface area contributed by atoms with Crippen LogP contribution in [0.3, 0.4) is 0 Å². The summed E-state index contributed by atoms with van der Waals surface area (Å²) >= 11 is 0. The van der Waals surface area contributed by atoms with Gasteiger partial charge in [0.05, 0.1) is 11.1 Å². The van der Waals surface area contributed by atoms with Crippen molar-refractivity contribution in [3.63, 3.8) is 0 Å². The van der Waals surface area contributed by atoms with Crippen LogP contribution in [-0.2, 0) is 4.84 Å². The molecule has 1 fully saturated rings. The smallest absolute Gasteiger partial charge is 0.341 e. The summed E-state index contributed by atoms with van der Waals surface area (Å²) in [4.78, 5) is 32.6. The lowest BCUT2D eigenvalue weighted by atomic mass is 10.0. The maximum atomic E-state index is 14.6. The minimum Gasteiger partial charge on any atom is -0.477 e. The van der Waals surface area contributed by atoms with E-state index in [1.165, 1.54) is 19.5 Å². The third-order valence-electron chi connectivity index (χ3n) is 4.56. The van der Waals surface area contributed by atoms with Gasteiger partial charge in [-0.05, 0) is 18.9 Å². The van der Waals surface area contributed by atoms with Crippen molar-refractivity contribution in [3.05, 3.63) is 39.6 Å². The van der Waals surface area contributed by atoms with Crippen LogP contribution in [0, 0.1) is 17.1 Å². The van der Waals surface area contributed by atoms with Crippen molar-refractivity contribution in [2.24, 2.45) is 16.8 Å². The molecule has 0 bridgehead atoms. The lowest BCUT2D eigenvalue weighted by molar-refractivity contribution is 0.0695. The van der Waals surface area contributed by atoms with E-state index in [-0.39, 0.29) is 47.4 Å². The van der Waals surface area contributed by atoms with Gasteiger partial charge in [-0.25, -0.2) is 14.2 Å². The lowest BCUT2D eigenvalue weighted by Gasteiger charge is -2.14. The first-order chi connectivity index (χ1) is 13.4. The Kier molecular flexibility index (Phi) is 5.50. The van der Waals surface area contributed by atoms with Crippen molar-refractivity contribution < 1.29 is 19.1 Å². The van der Waals surface area contributed by atoms with Gasteiger partial charge in [0.2, 0.25) is 5.43 Å². The molecular weight excluding hydrogens is 369 g/mol. The highest BCUT2D eigenvalue weighted by Crippen LogP contribution is 2.36. The number of carboxylic acids is 1. The first-order valence-electron chi connectivity index (χ1n) is 8.70. The number of nitrogens with zero attached hydrogens (tertiary/aromatic N) is 3. The highest BCUT2D eigenvalue weighted by atomic mass is 19.1. The Morgan fingerprint density at radius 3 is 2.89 bits per heavy atom. The predicted octanol–water partition coefficient (Wildman–Crippen LogP) is 1.53. The summed E-state index contributed by atoms with van der Waals surface area (Å²) in [6.45, 7) is 0.180. The minimum absolute atomic E-state index is 0.00632. The Morgan fingerprint density at radius 1 is 1.61 bits per heavy atom. The van der Waals surface area contributed by atoms with Gasteiger partial charge >= 0.3 is 5.97 Å². The van der Waals surface area contributed by atoms with Crippen molar-refractivity contribution in [1.82, 2.24) is 9.55 Å². The van der Waals surface area contributed by atoms with Crippen LogP contribution >= 0.6 is 0 Å². The number of carboxylic acid groups (broad SMARTS) is 1. The van der Waals surface area contributed by atoms with Crippen molar-refractivity contribution in [1.29, 1.82) is 5.41 Å². The summed E-state index contributed by atoms with van der Waals surface area (Å²) < 4.78 is 16.2. The zero-order valence-electron chi connectivity index (χ0n) is 15.2. The molecule has 10 heteroatoms. The number of hydrogen-bond acceptors (Lipinski definition) is 7. The number of rotatable bonds is 8. The summed E-state index contributed by atoms with van der Waals surface area (Å²) in [7, 11) is 1.38. The van der Waals surface area contributed by atoms with E-state index in [9.17, 15) is 19.1 Å². The van der Waals surface area contributed by atoms with Gasteiger partial charge in [0.15, 0.2) is 5.82 Å². The molecule has 0 saturated heterocycles. The molecular formula is C18H20FN5O4. The molecule has 3 rings (SSSR count). The molecule has 28 heavy (non-hydrogen) atoms. The predicted molar refractivity (Wildman–Crippen MR) is 101 cm³/mol. The summed E-state index contributed by atoms with van der Waals surface area (Å²) in [5.41, 5.74) is 4.29. The minimum atomic E-state index is -1.37. The summed E-state index contributed by atoms with van der Waals surface area (Å²) in [6, 6.07) is 0.965. The molecule has 0 spiro atoms. The Balaban J connectivity index is 2.09. The fourth-order valence-electron chi connectivity index (χ4n) is 2.94. The van der Waals surface area contributed by atoms with E-state index in [1.807, 2.05) is 0 Å². The molecule has 0 amide bonds. The van der Waals surface area contributed by atoms with Gasteiger partial charge in [-0.15, -0.1) is 0 Å². The monoisotopic (exact) mass is 389 g/mol. The number of aromatic nitrogens is 2. The maximum absolute atomic E-state index is 14.6. The van der Waals surface area contributed by atoms with Crippen molar-refractivity contribution in [3.8, 4) is 0 Å². The number of nitrogens with one attached hydrogen (secondary N) is 1. The van der Waals surface area contributed by atoms with E-state index in [2.05, 4.69) is 15.0 Å². The van der Waals surface area contributed by atoms with Crippen LogP contribution in [-0.4, -0.2) is 46.2 Å². The van der Waals surface area contributed by atoms with Crippen molar-refractivity contribution in [2.75, 3.05) is 13.7 Å². The average molecular weight is 389 g/mol. The molecule has 2 aromatic heterocycles. The Bertz CT molecular complexity index is 1030. The Hall–Kier alpha value is -3.14. The number of nitrogens with two attached hydrogens (primary N) is 1. The van der Waals surface area contributed by atoms with Gasteiger partial charge in [-0.1, -0.05) is 5.16 Å². The highest BCUT2D eigenvalue weighted by Gasteiger charge is 2.28. The zero-order chi connectivity index (χ0) is 20.4. The summed E-state index contributed by atoms with van der Waals surface area (Å²) in [5, 5.41) is 21.0. The van der Waals surface area contributed by atoms with Crippen LogP contribution in [0.5, 0.6) is 0 Å². The van der Waals surface area contributed by atoms with Crippen LogP contribution in [0.15, 0.2) is 22.2 Å². The molecule has 0 aliphatic heterocycles. The first-order valence-corrected chi connectivity index (χ1v) is 8.70. The molecule has 1 aliphatic rings. The second-order valence-corrected chi connectivity index (χ2v) is 6.62. The molecule has 1 aliphatic carbocycles. The van der Waals surface area contributed by atoms with E-state index in [4.69, 9.17) is 11.1 Å². The fourth-order valence-corrected chi connectivity index (χ4v) is 2.94. The molecule has 0 aromatic carbocycles. The molecule has 9 nitrogen and oxygen atoms in total.